The Morgan fingerprint density at radius 3 is 2.32 bits per heavy atom. The Morgan fingerprint density at radius 1 is 1.16 bits per heavy atom. The van der Waals surface area contributed by atoms with E-state index < -0.39 is 0 Å². The van der Waals surface area contributed by atoms with Gasteiger partial charge in [-0.1, -0.05) is 17.7 Å². The van der Waals surface area contributed by atoms with Crippen LogP contribution in [-0.4, -0.2) is 10.8 Å². The van der Waals surface area contributed by atoms with Crippen molar-refractivity contribution in [3.63, 3.8) is 0 Å². The maximum atomic E-state index is 12.4. The number of aromatic nitrogens is 1. The zero-order valence-electron chi connectivity index (χ0n) is 11.9. The van der Waals surface area contributed by atoms with Gasteiger partial charge >= 0.3 is 0 Å². The molecule has 2 aromatic rings. The van der Waals surface area contributed by atoms with E-state index in [0.29, 0.717) is 6.42 Å². The van der Waals surface area contributed by atoms with Crippen LogP contribution in [0, 0.1) is 27.7 Å². The van der Waals surface area contributed by atoms with Crippen molar-refractivity contribution >= 4 is 17.1 Å². The summed E-state index contributed by atoms with van der Waals surface area (Å²) in [6, 6.07) is 4.15. The van der Waals surface area contributed by atoms with Gasteiger partial charge in [-0.3, -0.25) is 4.79 Å². The van der Waals surface area contributed by atoms with Crippen LogP contribution in [0.25, 0.3) is 0 Å². The van der Waals surface area contributed by atoms with Gasteiger partial charge in [-0.05, 0) is 38.8 Å². The van der Waals surface area contributed by atoms with E-state index in [1.807, 2.05) is 26.2 Å². The predicted molar refractivity (Wildman–Crippen MR) is 80.2 cm³/mol. The molecule has 2 rings (SSSR count). The maximum Gasteiger partial charge on any atom is 0.163 e. The molecule has 0 saturated heterocycles. The molecular weight excluding hydrogens is 254 g/mol. The normalized spacial score (nSPS) is 10.7. The molecule has 0 aliphatic rings. The minimum Gasteiger partial charge on any atom is -0.294 e. The van der Waals surface area contributed by atoms with Crippen molar-refractivity contribution in [3.8, 4) is 0 Å². The van der Waals surface area contributed by atoms with Crippen LogP contribution in [0.4, 0.5) is 0 Å². The van der Waals surface area contributed by atoms with Crippen molar-refractivity contribution < 1.29 is 4.79 Å². The fraction of sp³-hybridized carbons (Fsp3) is 0.375. The molecule has 0 aliphatic carbocycles. The zero-order chi connectivity index (χ0) is 14.0. The molecule has 0 spiro atoms. The minimum absolute atomic E-state index is 0.225. The van der Waals surface area contributed by atoms with Crippen molar-refractivity contribution in [1.29, 1.82) is 0 Å². The topological polar surface area (TPSA) is 30.0 Å². The van der Waals surface area contributed by atoms with E-state index >= 15 is 0 Å². The second kappa shape index (κ2) is 5.66. The Hall–Kier alpha value is -1.48. The lowest BCUT2D eigenvalue weighted by Gasteiger charge is -2.09. The van der Waals surface area contributed by atoms with Crippen LogP contribution in [0.3, 0.4) is 0 Å². The summed E-state index contributed by atoms with van der Waals surface area (Å²) in [4.78, 5) is 16.8. The second-order valence-electron chi connectivity index (χ2n) is 5.08. The Labute approximate surface area is 118 Å². The molecule has 0 radical (unpaired) electrons. The third-order valence-electron chi connectivity index (χ3n) is 3.19. The average molecular weight is 273 g/mol. The molecule has 0 amide bonds. The molecule has 0 bridgehead atoms. The first-order valence-electron chi connectivity index (χ1n) is 6.49. The highest BCUT2D eigenvalue weighted by Gasteiger charge is 2.13. The first-order chi connectivity index (χ1) is 8.97. The molecule has 0 aliphatic heterocycles. The number of aryl methyl sites for hydroxylation is 5. The van der Waals surface area contributed by atoms with Gasteiger partial charge in [0.1, 0.15) is 0 Å². The van der Waals surface area contributed by atoms with E-state index in [9.17, 15) is 4.79 Å². The summed E-state index contributed by atoms with van der Waals surface area (Å²) >= 11 is 1.63. The number of ketones is 1. The highest BCUT2D eigenvalue weighted by Crippen LogP contribution is 2.20. The van der Waals surface area contributed by atoms with E-state index in [-0.39, 0.29) is 5.78 Å². The van der Waals surface area contributed by atoms with Crippen molar-refractivity contribution in [2.45, 2.75) is 40.5 Å². The summed E-state index contributed by atoms with van der Waals surface area (Å²) in [6.45, 7) is 8.07. The molecule has 0 saturated carbocycles. The Morgan fingerprint density at radius 2 is 1.79 bits per heavy atom. The zero-order valence-corrected chi connectivity index (χ0v) is 12.7. The number of carbonyl (C=O) groups is 1. The first kappa shape index (κ1) is 13.9. The largest absolute Gasteiger partial charge is 0.294 e. The quantitative estimate of drug-likeness (QED) is 0.782. The number of Topliss-reactive ketones (excluding diaryl/α,β-unsaturated/α-hetero) is 1. The van der Waals surface area contributed by atoms with Gasteiger partial charge in [0.05, 0.1) is 5.01 Å². The first-order valence-corrected chi connectivity index (χ1v) is 7.37. The molecule has 0 unspecified atom stereocenters. The van der Waals surface area contributed by atoms with Crippen LogP contribution >= 0.6 is 11.3 Å². The van der Waals surface area contributed by atoms with Crippen LogP contribution < -0.4 is 0 Å². The van der Waals surface area contributed by atoms with Crippen LogP contribution in [0.1, 0.15) is 44.2 Å². The smallest absolute Gasteiger partial charge is 0.163 e. The highest BCUT2D eigenvalue weighted by atomic mass is 32.1. The second-order valence-corrected chi connectivity index (χ2v) is 6.02. The summed E-state index contributed by atoms with van der Waals surface area (Å²) in [5.41, 5.74) is 5.30. The van der Waals surface area contributed by atoms with Gasteiger partial charge in [0, 0.05) is 29.5 Å². The fourth-order valence-corrected chi connectivity index (χ4v) is 3.26. The van der Waals surface area contributed by atoms with Crippen LogP contribution in [-0.2, 0) is 6.42 Å². The van der Waals surface area contributed by atoms with Crippen molar-refractivity contribution in [3.05, 3.63) is 50.5 Å². The lowest BCUT2D eigenvalue weighted by molar-refractivity contribution is 0.0981. The third-order valence-corrected chi connectivity index (χ3v) is 4.21. The van der Waals surface area contributed by atoms with E-state index in [1.54, 1.807) is 11.3 Å². The number of thiazole rings is 1. The lowest BCUT2D eigenvalue weighted by atomic mass is 9.95. The van der Waals surface area contributed by atoms with E-state index in [0.717, 1.165) is 33.8 Å². The molecule has 100 valence electrons. The van der Waals surface area contributed by atoms with Crippen molar-refractivity contribution in [1.82, 2.24) is 4.98 Å². The molecule has 3 heteroatoms. The number of nitrogens with zero attached hydrogens (tertiary/aromatic N) is 1. The lowest BCUT2D eigenvalue weighted by Crippen LogP contribution is -2.06. The molecule has 0 atom stereocenters. The van der Waals surface area contributed by atoms with Crippen LogP contribution in [0.5, 0.6) is 0 Å². The van der Waals surface area contributed by atoms with E-state index in [2.05, 4.69) is 24.0 Å². The highest BCUT2D eigenvalue weighted by molar-refractivity contribution is 7.09. The predicted octanol–water partition coefficient (Wildman–Crippen LogP) is 4.19. The molecule has 1 heterocycles. The molecule has 1 aromatic heterocycles. The monoisotopic (exact) mass is 273 g/mol. The SMILES string of the molecule is Cc1cc(C)c(C(=O)CCc2nc(C)cs2)c(C)c1. The molecule has 1 aromatic carbocycles. The summed E-state index contributed by atoms with van der Waals surface area (Å²) in [6.07, 6.45) is 1.28. The molecular formula is C16H19NOS. The van der Waals surface area contributed by atoms with Crippen molar-refractivity contribution in [2.24, 2.45) is 0 Å². The minimum atomic E-state index is 0.225. The Balaban J connectivity index is 2.12. The number of rotatable bonds is 4. The van der Waals surface area contributed by atoms with E-state index in [1.165, 1.54) is 5.56 Å². The van der Waals surface area contributed by atoms with Crippen LogP contribution in [0.2, 0.25) is 0 Å². The fourth-order valence-electron chi connectivity index (χ4n) is 2.48. The van der Waals surface area contributed by atoms with Gasteiger partial charge in [-0.2, -0.15) is 0 Å². The molecule has 0 N–H and O–H groups in total. The summed E-state index contributed by atoms with van der Waals surface area (Å²) < 4.78 is 0. The van der Waals surface area contributed by atoms with Crippen LogP contribution in [0.15, 0.2) is 17.5 Å². The molecule has 2 nitrogen and oxygen atoms in total. The van der Waals surface area contributed by atoms with Crippen molar-refractivity contribution in [2.75, 3.05) is 0 Å². The summed E-state index contributed by atoms with van der Waals surface area (Å²) in [5.74, 6) is 0.225. The summed E-state index contributed by atoms with van der Waals surface area (Å²) in [7, 11) is 0. The van der Waals surface area contributed by atoms with Gasteiger partial charge in [0.15, 0.2) is 5.78 Å². The number of carbonyl (C=O) groups excluding carboxylic acids is 1. The summed E-state index contributed by atoms with van der Waals surface area (Å²) in [5, 5.41) is 3.08. The third kappa shape index (κ3) is 3.29. The average Bonchev–Trinajstić information content (AvgIpc) is 2.71. The Kier molecular flexibility index (Phi) is 4.15. The van der Waals surface area contributed by atoms with Gasteiger partial charge in [0.25, 0.3) is 0 Å². The van der Waals surface area contributed by atoms with Gasteiger partial charge in [-0.25, -0.2) is 4.98 Å². The number of hydrogen-bond donors (Lipinski definition) is 0. The van der Waals surface area contributed by atoms with Gasteiger partial charge in [-0.15, -0.1) is 11.3 Å². The molecule has 0 fully saturated rings. The van der Waals surface area contributed by atoms with Gasteiger partial charge in [0.2, 0.25) is 0 Å². The van der Waals surface area contributed by atoms with Gasteiger partial charge < -0.3 is 0 Å². The van der Waals surface area contributed by atoms with E-state index in [4.69, 9.17) is 0 Å². The number of benzene rings is 1. The maximum absolute atomic E-state index is 12.4. The standard InChI is InChI=1S/C16H19NOS/c1-10-7-11(2)16(12(3)8-10)14(18)5-6-15-17-13(4)9-19-15/h7-9H,5-6H2,1-4H3. The molecule has 19 heavy (non-hydrogen) atoms. The number of hydrogen-bond acceptors (Lipinski definition) is 3. The Bertz CT molecular complexity index is 590.